The Morgan fingerprint density at radius 2 is 1.62 bits per heavy atom. The van der Waals surface area contributed by atoms with Crippen LogP contribution in [0.15, 0.2) is 36.4 Å². The van der Waals surface area contributed by atoms with Crippen LogP contribution in [0.2, 0.25) is 0 Å². The number of halogens is 1. The summed E-state index contributed by atoms with van der Waals surface area (Å²) in [4.78, 5) is 0. The molecule has 0 aliphatic carbocycles. The summed E-state index contributed by atoms with van der Waals surface area (Å²) in [6.07, 6.45) is 0. The topological polar surface area (TPSA) is 18.5 Å². The van der Waals surface area contributed by atoms with Gasteiger partial charge in [0.25, 0.3) is 0 Å². The molecule has 0 bridgehead atoms. The first kappa shape index (κ1) is 11.3. The number of ether oxygens (including phenoxy) is 2. The molecule has 0 aliphatic rings. The van der Waals surface area contributed by atoms with Crippen LogP contribution in [0.1, 0.15) is 0 Å². The van der Waals surface area contributed by atoms with Crippen molar-refractivity contribution in [2.45, 2.75) is 0 Å². The smallest absolute Gasteiger partial charge is 0.127 e. The Balaban J connectivity index is 2.51. The molecular weight excluding hydrogens is 268 g/mol. The van der Waals surface area contributed by atoms with Gasteiger partial charge in [0.2, 0.25) is 0 Å². The monoisotopic (exact) mass is 280 g/mol. The molecule has 2 rings (SSSR count). The van der Waals surface area contributed by atoms with E-state index in [1.54, 1.807) is 7.11 Å². The third kappa shape index (κ3) is 2.14. The maximum Gasteiger partial charge on any atom is 0.127 e. The molecule has 2 nitrogen and oxygen atoms in total. The van der Waals surface area contributed by atoms with E-state index in [0.29, 0.717) is 6.61 Å². The Bertz CT molecular complexity index is 482. The molecule has 2 aromatic carbocycles. The zero-order valence-corrected chi connectivity index (χ0v) is 10.7. The van der Waals surface area contributed by atoms with E-state index >= 15 is 0 Å². The van der Waals surface area contributed by atoms with Gasteiger partial charge in [0.05, 0.1) is 13.7 Å². The van der Waals surface area contributed by atoms with Gasteiger partial charge in [-0.05, 0) is 12.1 Å². The highest BCUT2D eigenvalue weighted by Crippen LogP contribution is 2.32. The van der Waals surface area contributed by atoms with Crippen LogP contribution < -0.4 is 9.47 Å². The molecule has 84 valence electrons. The van der Waals surface area contributed by atoms with E-state index in [9.17, 15) is 0 Å². The van der Waals surface area contributed by atoms with Crippen molar-refractivity contribution >= 4 is 26.7 Å². The molecule has 0 amide bonds. The standard InChI is InChI=1S/C13H13BrO2/c1-15-12-6-7-13(16-9-8-14)11-5-3-2-4-10(11)12/h2-7H,8-9H2,1H3. The van der Waals surface area contributed by atoms with Gasteiger partial charge in [0.15, 0.2) is 0 Å². The highest BCUT2D eigenvalue weighted by molar-refractivity contribution is 9.09. The van der Waals surface area contributed by atoms with Crippen LogP contribution in [0, 0.1) is 0 Å². The molecule has 0 saturated carbocycles. The lowest BCUT2D eigenvalue weighted by atomic mass is 10.1. The van der Waals surface area contributed by atoms with Crippen LogP contribution in [0.3, 0.4) is 0 Å². The van der Waals surface area contributed by atoms with E-state index in [-0.39, 0.29) is 0 Å². The molecule has 0 unspecified atom stereocenters. The van der Waals surface area contributed by atoms with Crippen molar-refractivity contribution < 1.29 is 9.47 Å². The number of rotatable bonds is 4. The van der Waals surface area contributed by atoms with Crippen molar-refractivity contribution in [1.82, 2.24) is 0 Å². The van der Waals surface area contributed by atoms with E-state index in [0.717, 1.165) is 27.6 Å². The Morgan fingerprint density at radius 3 is 2.25 bits per heavy atom. The largest absolute Gasteiger partial charge is 0.496 e. The fraction of sp³-hybridized carbons (Fsp3) is 0.231. The molecule has 16 heavy (non-hydrogen) atoms. The van der Waals surface area contributed by atoms with Crippen LogP contribution in [0.4, 0.5) is 0 Å². The normalized spacial score (nSPS) is 10.4. The van der Waals surface area contributed by atoms with Crippen LogP contribution >= 0.6 is 15.9 Å². The summed E-state index contributed by atoms with van der Waals surface area (Å²) in [5.74, 6) is 1.78. The molecule has 0 saturated heterocycles. The van der Waals surface area contributed by atoms with Crippen LogP contribution in [-0.2, 0) is 0 Å². The number of benzene rings is 2. The number of alkyl halides is 1. The van der Waals surface area contributed by atoms with Crippen molar-refractivity contribution in [2.24, 2.45) is 0 Å². The number of methoxy groups -OCH3 is 1. The van der Waals surface area contributed by atoms with Crippen molar-refractivity contribution in [3.05, 3.63) is 36.4 Å². The number of fused-ring (bicyclic) bond motifs is 1. The summed E-state index contributed by atoms with van der Waals surface area (Å²) in [7, 11) is 1.68. The van der Waals surface area contributed by atoms with Gasteiger partial charge in [-0.1, -0.05) is 40.2 Å². The predicted molar refractivity (Wildman–Crippen MR) is 69.8 cm³/mol. The SMILES string of the molecule is COc1ccc(OCCBr)c2ccccc12. The van der Waals surface area contributed by atoms with E-state index in [1.165, 1.54) is 0 Å². The molecule has 0 atom stereocenters. The lowest BCUT2D eigenvalue weighted by molar-refractivity contribution is 0.348. The number of hydrogen-bond acceptors (Lipinski definition) is 2. The van der Waals surface area contributed by atoms with Gasteiger partial charge in [-0.2, -0.15) is 0 Å². The second-order valence-corrected chi connectivity index (χ2v) is 4.14. The van der Waals surface area contributed by atoms with Gasteiger partial charge in [-0.25, -0.2) is 0 Å². The van der Waals surface area contributed by atoms with E-state index in [2.05, 4.69) is 15.9 Å². The van der Waals surface area contributed by atoms with E-state index in [1.807, 2.05) is 36.4 Å². The molecule has 0 aliphatic heterocycles. The molecule has 0 heterocycles. The van der Waals surface area contributed by atoms with E-state index in [4.69, 9.17) is 9.47 Å². The first-order valence-corrected chi connectivity index (χ1v) is 6.23. The zero-order valence-electron chi connectivity index (χ0n) is 9.07. The van der Waals surface area contributed by atoms with Gasteiger partial charge >= 0.3 is 0 Å². The first-order valence-electron chi connectivity index (χ1n) is 5.11. The van der Waals surface area contributed by atoms with Gasteiger partial charge in [-0.15, -0.1) is 0 Å². The summed E-state index contributed by atoms with van der Waals surface area (Å²) in [5.41, 5.74) is 0. The molecule has 3 heteroatoms. The zero-order chi connectivity index (χ0) is 11.4. The summed E-state index contributed by atoms with van der Waals surface area (Å²) in [5, 5.41) is 2.99. The lowest BCUT2D eigenvalue weighted by Gasteiger charge is -2.10. The minimum atomic E-state index is 0.663. The minimum Gasteiger partial charge on any atom is -0.496 e. The second kappa shape index (κ2) is 5.21. The van der Waals surface area contributed by atoms with Crippen molar-refractivity contribution in [2.75, 3.05) is 19.0 Å². The Kier molecular flexibility index (Phi) is 3.67. The molecule has 0 fully saturated rings. The Morgan fingerprint density at radius 1 is 1.00 bits per heavy atom. The van der Waals surface area contributed by atoms with Gasteiger partial charge in [0, 0.05) is 16.1 Å². The Hall–Kier alpha value is -1.22. The molecular formula is C13H13BrO2. The van der Waals surface area contributed by atoms with Gasteiger partial charge in [-0.3, -0.25) is 0 Å². The third-order valence-electron chi connectivity index (χ3n) is 2.40. The first-order chi connectivity index (χ1) is 7.86. The van der Waals surface area contributed by atoms with Gasteiger partial charge in [0.1, 0.15) is 11.5 Å². The van der Waals surface area contributed by atoms with Crippen molar-refractivity contribution in [1.29, 1.82) is 0 Å². The molecule has 0 N–H and O–H groups in total. The Labute approximate surface area is 103 Å². The minimum absolute atomic E-state index is 0.663. The van der Waals surface area contributed by atoms with Crippen LogP contribution in [0.5, 0.6) is 11.5 Å². The highest BCUT2D eigenvalue weighted by atomic mass is 79.9. The average molecular weight is 281 g/mol. The average Bonchev–Trinajstić information content (AvgIpc) is 2.36. The maximum atomic E-state index is 5.67. The maximum absolute atomic E-state index is 5.67. The fourth-order valence-corrected chi connectivity index (χ4v) is 1.86. The number of hydrogen-bond donors (Lipinski definition) is 0. The van der Waals surface area contributed by atoms with Crippen molar-refractivity contribution in [3.8, 4) is 11.5 Å². The lowest BCUT2D eigenvalue weighted by Crippen LogP contribution is -1.98. The van der Waals surface area contributed by atoms with Crippen molar-refractivity contribution in [3.63, 3.8) is 0 Å². The molecule has 0 spiro atoms. The fourth-order valence-electron chi connectivity index (χ4n) is 1.70. The van der Waals surface area contributed by atoms with Crippen LogP contribution in [-0.4, -0.2) is 19.0 Å². The van der Waals surface area contributed by atoms with E-state index < -0.39 is 0 Å². The molecule has 2 aromatic rings. The summed E-state index contributed by atoms with van der Waals surface area (Å²) in [6, 6.07) is 12.0. The second-order valence-electron chi connectivity index (χ2n) is 3.35. The summed E-state index contributed by atoms with van der Waals surface area (Å²) >= 11 is 3.35. The summed E-state index contributed by atoms with van der Waals surface area (Å²) in [6.45, 7) is 0.663. The van der Waals surface area contributed by atoms with Gasteiger partial charge < -0.3 is 9.47 Å². The quantitative estimate of drug-likeness (QED) is 0.797. The van der Waals surface area contributed by atoms with Crippen LogP contribution in [0.25, 0.3) is 10.8 Å². The third-order valence-corrected chi connectivity index (χ3v) is 2.72. The summed E-state index contributed by atoms with van der Waals surface area (Å²) < 4.78 is 11.0. The molecule has 0 aromatic heterocycles. The predicted octanol–water partition coefficient (Wildman–Crippen LogP) is 3.62. The molecule has 0 radical (unpaired) electrons. The highest BCUT2D eigenvalue weighted by Gasteiger charge is 2.06.